The number of aryl methyl sites for hydroxylation is 1. The van der Waals surface area contributed by atoms with Crippen molar-refractivity contribution in [3.63, 3.8) is 0 Å². The summed E-state index contributed by atoms with van der Waals surface area (Å²) >= 11 is 0. The molecule has 4 heteroatoms. The Bertz CT molecular complexity index is 527. The van der Waals surface area contributed by atoms with Crippen molar-refractivity contribution >= 4 is 5.97 Å². The molecule has 1 aromatic rings. The smallest absolute Gasteiger partial charge is 0.305 e. The molecule has 0 aliphatic heterocycles. The predicted octanol–water partition coefficient (Wildman–Crippen LogP) is 7.28. The van der Waals surface area contributed by atoms with Crippen molar-refractivity contribution in [3.05, 3.63) is 29.8 Å². The molecule has 0 heterocycles. The number of carbonyl (C=O) groups excluding carboxylic acids is 1. The summed E-state index contributed by atoms with van der Waals surface area (Å²) in [5.74, 6) is 0.761. The molecule has 0 spiro atoms. The Balaban J connectivity index is 1.94. The first-order valence-electron chi connectivity index (χ1n) is 12.7. The van der Waals surface area contributed by atoms with Crippen LogP contribution in [0.3, 0.4) is 0 Å². The fourth-order valence-electron chi connectivity index (χ4n) is 3.52. The van der Waals surface area contributed by atoms with Gasteiger partial charge in [-0.25, -0.2) is 0 Å². The molecule has 0 atom stereocenters. The van der Waals surface area contributed by atoms with Crippen LogP contribution in [0.15, 0.2) is 24.3 Å². The second-order valence-corrected chi connectivity index (χ2v) is 8.36. The van der Waals surface area contributed by atoms with Crippen LogP contribution in [0.5, 0.6) is 5.75 Å². The Morgan fingerprint density at radius 3 is 1.94 bits per heavy atom. The number of ether oxygens (including phenoxy) is 3. The SMILES string of the molecule is CCCCCCCCC(=O)OCCOCCOc1ccc(CCCCCCCC)cc1. The molecule has 0 N–H and O–H groups in total. The van der Waals surface area contributed by atoms with Gasteiger partial charge in [0.2, 0.25) is 0 Å². The maximum atomic E-state index is 11.7. The van der Waals surface area contributed by atoms with Crippen LogP contribution in [0.2, 0.25) is 0 Å². The average molecular weight is 435 g/mol. The van der Waals surface area contributed by atoms with E-state index in [1.54, 1.807) is 0 Å². The summed E-state index contributed by atoms with van der Waals surface area (Å²) in [4.78, 5) is 11.7. The van der Waals surface area contributed by atoms with Crippen molar-refractivity contribution in [3.8, 4) is 5.75 Å². The first kappa shape index (κ1) is 27.5. The van der Waals surface area contributed by atoms with E-state index < -0.39 is 0 Å². The van der Waals surface area contributed by atoms with Gasteiger partial charge in [-0.05, 0) is 37.0 Å². The van der Waals surface area contributed by atoms with Gasteiger partial charge in [0.1, 0.15) is 19.0 Å². The van der Waals surface area contributed by atoms with E-state index in [-0.39, 0.29) is 5.97 Å². The minimum Gasteiger partial charge on any atom is -0.491 e. The topological polar surface area (TPSA) is 44.8 Å². The van der Waals surface area contributed by atoms with E-state index in [9.17, 15) is 4.79 Å². The molecule has 0 saturated heterocycles. The molecule has 1 aromatic carbocycles. The minimum atomic E-state index is -0.114. The van der Waals surface area contributed by atoms with Crippen LogP contribution >= 0.6 is 0 Å². The second-order valence-electron chi connectivity index (χ2n) is 8.36. The first-order valence-corrected chi connectivity index (χ1v) is 12.7. The molecule has 4 nitrogen and oxygen atoms in total. The van der Waals surface area contributed by atoms with E-state index in [0.29, 0.717) is 32.8 Å². The quantitative estimate of drug-likeness (QED) is 0.151. The summed E-state index contributed by atoms with van der Waals surface area (Å²) in [6.45, 7) is 6.20. The zero-order valence-electron chi connectivity index (χ0n) is 20.2. The molecular weight excluding hydrogens is 388 g/mol. The van der Waals surface area contributed by atoms with Gasteiger partial charge in [0.25, 0.3) is 0 Å². The van der Waals surface area contributed by atoms with Crippen LogP contribution in [-0.2, 0) is 20.7 Å². The lowest BCUT2D eigenvalue weighted by Gasteiger charge is -2.09. The van der Waals surface area contributed by atoms with Crippen LogP contribution in [-0.4, -0.2) is 32.4 Å². The Morgan fingerprint density at radius 1 is 0.677 bits per heavy atom. The Labute approximate surface area is 191 Å². The van der Waals surface area contributed by atoms with E-state index in [0.717, 1.165) is 25.0 Å². The fourth-order valence-corrected chi connectivity index (χ4v) is 3.52. The van der Waals surface area contributed by atoms with Crippen LogP contribution in [0, 0.1) is 0 Å². The third-order valence-electron chi connectivity index (χ3n) is 5.46. The molecule has 0 aliphatic carbocycles. The average Bonchev–Trinajstić information content (AvgIpc) is 2.78. The number of benzene rings is 1. The van der Waals surface area contributed by atoms with Gasteiger partial charge >= 0.3 is 5.97 Å². The largest absolute Gasteiger partial charge is 0.491 e. The summed E-state index contributed by atoms with van der Waals surface area (Å²) < 4.78 is 16.4. The van der Waals surface area contributed by atoms with Crippen LogP contribution < -0.4 is 4.74 Å². The Hall–Kier alpha value is -1.55. The van der Waals surface area contributed by atoms with Crippen molar-refractivity contribution in [1.82, 2.24) is 0 Å². The number of carbonyl (C=O) groups is 1. The summed E-state index contributed by atoms with van der Waals surface area (Å²) in [7, 11) is 0. The van der Waals surface area contributed by atoms with Gasteiger partial charge in [-0.3, -0.25) is 4.79 Å². The third-order valence-corrected chi connectivity index (χ3v) is 5.46. The standard InChI is InChI=1S/C27H46O4/c1-3-5-7-9-11-13-15-25-17-19-26(20-18-25)30-23-21-29-22-24-31-27(28)16-14-12-10-8-6-4-2/h17-20H,3-16,21-24H2,1-2H3. The molecule has 31 heavy (non-hydrogen) atoms. The summed E-state index contributed by atoms with van der Waals surface area (Å²) in [5, 5.41) is 0. The predicted molar refractivity (Wildman–Crippen MR) is 129 cm³/mol. The number of esters is 1. The first-order chi connectivity index (χ1) is 15.3. The molecule has 0 unspecified atom stereocenters. The summed E-state index contributed by atoms with van der Waals surface area (Å²) in [6, 6.07) is 8.39. The monoisotopic (exact) mass is 434 g/mol. The zero-order valence-corrected chi connectivity index (χ0v) is 20.2. The number of hydrogen-bond donors (Lipinski definition) is 0. The lowest BCUT2D eigenvalue weighted by Crippen LogP contribution is -2.13. The molecule has 0 radical (unpaired) electrons. The zero-order chi connectivity index (χ0) is 22.4. The van der Waals surface area contributed by atoms with Gasteiger partial charge in [-0.15, -0.1) is 0 Å². The molecule has 0 amide bonds. The highest BCUT2D eigenvalue weighted by Gasteiger charge is 2.03. The van der Waals surface area contributed by atoms with Gasteiger partial charge in [0.05, 0.1) is 13.2 Å². The van der Waals surface area contributed by atoms with Crippen LogP contribution in [0.25, 0.3) is 0 Å². The molecule has 0 bridgehead atoms. The number of unbranched alkanes of at least 4 members (excludes halogenated alkanes) is 10. The fraction of sp³-hybridized carbons (Fsp3) is 0.741. The molecule has 0 aliphatic rings. The van der Waals surface area contributed by atoms with E-state index >= 15 is 0 Å². The van der Waals surface area contributed by atoms with Crippen molar-refractivity contribution in [2.24, 2.45) is 0 Å². The van der Waals surface area contributed by atoms with E-state index in [1.165, 1.54) is 69.8 Å². The molecule has 0 aromatic heterocycles. The van der Waals surface area contributed by atoms with Crippen molar-refractivity contribution in [2.75, 3.05) is 26.4 Å². The van der Waals surface area contributed by atoms with Gasteiger partial charge in [-0.1, -0.05) is 90.2 Å². The summed E-state index contributed by atoms with van der Waals surface area (Å²) in [6.07, 6.45) is 16.7. The highest BCUT2D eigenvalue weighted by Crippen LogP contribution is 2.15. The van der Waals surface area contributed by atoms with E-state index in [2.05, 4.69) is 26.0 Å². The van der Waals surface area contributed by atoms with Crippen molar-refractivity contribution < 1.29 is 19.0 Å². The molecule has 178 valence electrons. The van der Waals surface area contributed by atoms with Gasteiger partial charge < -0.3 is 14.2 Å². The Kier molecular flexibility index (Phi) is 18.0. The summed E-state index contributed by atoms with van der Waals surface area (Å²) in [5.41, 5.74) is 1.38. The van der Waals surface area contributed by atoms with Gasteiger partial charge in [0.15, 0.2) is 0 Å². The molecule has 0 fully saturated rings. The van der Waals surface area contributed by atoms with Crippen molar-refractivity contribution in [1.29, 1.82) is 0 Å². The molecule has 0 saturated carbocycles. The van der Waals surface area contributed by atoms with Crippen LogP contribution in [0.1, 0.15) is 103 Å². The highest BCUT2D eigenvalue weighted by atomic mass is 16.6. The maximum absolute atomic E-state index is 11.7. The Morgan fingerprint density at radius 2 is 1.26 bits per heavy atom. The number of rotatable bonds is 21. The van der Waals surface area contributed by atoms with E-state index in [1.807, 2.05) is 12.1 Å². The lowest BCUT2D eigenvalue weighted by atomic mass is 10.0. The minimum absolute atomic E-state index is 0.114. The highest BCUT2D eigenvalue weighted by molar-refractivity contribution is 5.69. The number of hydrogen-bond acceptors (Lipinski definition) is 4. The normalized spacial score (nSPS) is 10.9. The molecular formula is C27H46O4. The molecule has 1 rings (SSSR count). The van der Waals surface area contributed by atoms with E-state index in [4.69, 9.17) is 14.2 Å². The third kappa shape index (κ3) is 16.8. The lowest BCUT2D eigenvalue weighted by molar-refractivity contribution is -0.145. The van der Waals surface area contributed by atoms with Gasteiger partial charge in [0, 0.05) is 6.42 Å². The van der Waals surface area contributed by atoms with Crippen LogP contribution in [0.4, 0.5) is 0 Å². The second kappa shape index (κ2) is 20.4. The van der Waals surface area contributed by atoms with Gasteiger partial charge in [-0.2, -0.15) is 0 Å². The van der Waals surface area contributed by atoms with Crippen molar-refractivity contribution in [2.45, 2.75) is 104 Å². The maximum Gasteiger partial charge on any atom is 0.305 e.